The summed E-state index contributed by atoms with van der Waals surface area (Å²) in [6.45, 7) is 0. The molecule has 0 aromatic carbocycles. The van der Waals surface area contributed by atoms with Crippen LogP contribution in [0.5, 0.6) is 0 Å². The van der Waals surface area contributed by atoms with E-state index in [0.717, 1.165) is 10.9 Å². The van der Waals surface area contributed by atoms with Crippen molar-refractivity contribution in [3.05, 3.63) is 50.9 Å². The average molecular weight is 356 g/mol. The van der Waals surface area contributed by atoms with E-state index in [9.17, 15) is 14.9 Å². The van der Waals surface area contributed by atoms with Crippen molar-refractivity contribution in [1.82, 2.24) is 14.3 Å². The van der Waals surface area contributed by atoms with E-state index in [1.807, 2.05) is 0 Å². The predicted octanol–water partition coefficient (Wildman–Crippen LogP) is 1.97. The molecule has 1 aromatic rings. The first kappa shape index (κ1) is 15.2. The first-order valence-electron chi connectivity index (χ1n) is 5.03. The van der Waals surface area contributed by atoms with Gasteiger partial charge in [0.15, 0.2) is 0 Å². The number of hydrogen-bond acceptors (Lipinski definition) is 5. The minimum atomic E-state index is -2.02. The van der Waals surface area contributed by atoms with Gasteiger partial charge in [-0.1, -0.05) is 47.0 Å². The molecule has 0 saturated heterocycles. The minimum Gasteiger partial charge on any atom is -0.269 e. The molecule has 1 aliphatic carbocycles. The van der Waals surface area contributed by atoms with Gasteiger partial charge in [-0.15, -0.1) is 0 Å². The van der Waals surface area contributed by atoms with Crippen molar-refractivity contribution in [3.63, 3.8) is 0 Å². The van der Waals surface area contributed by atoms with E-state index in [1.54, 1.807) is 0 Å². The molecule has 20 heavy (non-hydrogen) atoms. The van der Waals surface area contributed by atoms with Crippen LogP contribution in [0, 0.1) is 10.1 Å². The van der Waals surface area contributed by atoms with Crippen molar-refractivity contribution in [2.24, 2.45) is 0 Å². The van der Waals surface area contributed by atoms with Gasteiger partial charge in [-0.05, 0) is 6.08 Å². The van der Waals surface area contributed by atoms with Gasteiger partial charge in [0.1, 0.15) is 6.33 Å². The summed E-state index contributed by atoms with van der Waals surface area (Å²) in [6.07, 6.45) is 5.00. The van der Waals surface area contributed by atoms with E-state index >= 15 is 0 Å². The number of alkyl halides is 3. The van der Waals surface area contributed by atoms with Crippen molar-refractivity contribution in [1.29, 1.82) is 0 Å². The second-order valence-corrected chi connectivity index (χ2v) is 6.43. The largest absolute Gasteiger partial charge is 0.350 e. The Labute approximate surface area is 132 Å². The van der Waals surface area contributed by atoms with Gasteiger partial charge in [-0.3, -0.25) is 14.7 Å². The molecular formula is C9H5Cl3N4O3S. The lowest BCUT2D eigenvalue weighted by Gasteiger charge is -2.15. The molecule has 1 aromatic heterocycles. The van der Waals surface area contributed by atoms with Crippen molar-refractivity contribution < 1.29 is 4.92 Å². The molecule has 0 amide bonds. The number of thiocarbonyl (C=S) groups is 1. The van der Waals surface area contributed by atoms with Crippen LogP contribution in [0.4, 0.5) is 0 Å². The molecule has 1 heterocycles. The van der Waals surface area contributed by atoms with Gasteiger partial charge in [0.25, 0.3) is 9.61 Å². The maximum atomic E-state index is 12.0. The fraction of sp³-hybridized carbons (Fsp3) is 0.222. The Morgan fingerprint density at radius 3 is 2.55 bits per heavy atom. The lowest BCUT2D eigenvalue weighted by atomic mass is 10.1. The molecule has 0 aliphatic heterocycles. The zero-order valence-corrected chi connectivity index (χ0v) is 12.5. The molecule has 0 fully saturated rings. The molecule has 0 radical (unpaired) electrons. The summed E-state index contributed by atoms with van der Waals surface area (Å²) in [5.74, 6) is 0. The molecule has 106 valence electrons. The Morgan fingerprint density at radius 1 is 1.45 bits per heavy atom. The molecule has 0 N–H and O–H groups in total. The Morgan fingerprint density at radius 2 is 2.10 bits per heavy atom. The van der Waals surface area contributed by atoms with E-state index in [-0.39, 0.29) is 10.6 Å². The normalized spacial score (nSPS) is 19.1. The second kappa shape index (κ2) is 5.28. The minimum absolute atomic E-state index is 0.159. The molecular weight excluding hydrogens is 351 g/mol. The zero-order chi connectivity index (χ0) is 15.1. The average Bonchev–Trinajstić information content (AvgIpc) is 2.70. The summed E-state index contributed by atoms with van der Waals surface area (Å²) in [5.41, 5.74) is -0.854. The highest BCUT2D eigenvalue weighted by Crippen LogP contribution is 2.30. The SMILES string of the molecule is O=c1n(C2C=CC([N+](=O)[O-])=CC2=S)cnn1C(Cl)(Cl)Cl. The maximum Gasteiger partial charge on any atom is 0.350 e. The lowest BCUT2D eigenvalue weighted by Crippen LogP contribution is -2.34. The number of nitro groups is 1. The highest BCUT2D eigenvalue weighted by Gasteiger charge is 2.30. The Balaban J connectivity index is 2.39. The van der Waals surface area contributed by atoms with Gasteiger partial charge in [0.2, 0.25) is 0 Å². The molecule has 7 nitrogen and oxygen atoms in total. The van der Waals surface area contributed by atoms with Crippen molar-refractivity contribution in [2.75, 3.05) is 0 Å². The molecule has 0 spiro atoms. The quantitative estimate of drug-likeness (QED) is 0.350. The molecule has 2 rings (SSSR count). The van der Waals surface area contributed by atoms with Crippen LogP contribution in [0.2, 0.25) is 0 Å². The van der Waals surface area contributed by atoms with E-state index < -0.39 is 20.6 Å². The third-order valence-electron chi connectivity index (χ3n) is 2.48. The Kier molecular flexibility index (Phi) is 4.01. The van der Waals surface area contributed by atoms with E-state index in [2.05, 4.69) is 5.10 Å². The van der Waals surface area contributed by atoms with E-state index in [1.165, 1.54) is 18.2 Å². The highest BCUT2D eigenvalue weighted by molar-refractivity contribution is 7.80. The first-order valence-corrected chi connectivity index (χ1v) is 6.57. The van der Waals surface area contributed by atoms with Gasteiger partial charge in [-0.2, -0.15) is 9.78 Å². The van der Waals surface area contributed by atoms with Crippen LogP contribution >= 0.6 is 47.0 Å². The van der Waals surface area contributed by atoms with Gasteiger partial charge >= 0.3 is 5.69 Å². The van der Waals surface area contributed by atoms with Crippen LogP contribution < -0.4 is 5.69 Å². The molecule has 1 atom stereocenters. The van der Waals surface area contributed by atoms with Crippen LogP contribution in [0.3, 0.4) is 0 Å². The van der Waals surface area contributed by atoms with Crippen molar-refractivity contribution in [2.45, 2.75) is 9.96 Å². The fourth-order valence-electron chi connectivity index (χ4n) is 1.59. The van der Waals surface area contributed by atoms with Gasteiger partial charge < -0.3 is 0 Å². The molecule has 0 saturated carbocycles. The van der Waals surface area contributed by atoms with Crippen molar-refractivity contribution in [3.8, 4) is 0 Å². The molecule has 11 heteroatoms. The number of aromatic nitrogens is 3. The van der Waals surface area contributed by atoms with Crippen LogP contribution in [-0.4, -0.2) is 24.1 Å². The lowest BCUT2D eigenvalue weighted by molar-refractivity contribution is -0.418. The summed E-state index contributed by atoms with van der Waals surface area (Å²) >= 11 is 21.8. The topological polar surface area (TPSA) is 83.0 Å². The summed E-state index contributed by atoms with van der Waals surface area (Å²) in [7, 11) is 0. The number of allylic oxidation sites excluding steroid dienone is 3. The second-order valence-electron chi connectivity index (χ2n) is 3.73. The fourth-order valence-corrected chi connectivity index (χ4v) is 2.25. The predicted molar refractivity (Wildman–Crippen MR) is 77.9 cm³/mol. The summed E-state index contributed by atoms with van der Waals surface area (Å²) < 4.78 is -0.251. The third kappa shape index (κ3) is 2.78. The van der Waals surface area contributed by atoms with Gasteiger partial charge in [-0.25, -0.2) is 4.79 Å². The smallest absolute Gasteiger partial charge is 0.269 e. The zero-order valence-electron chi connectivity index (χ0n) is 9.44. The summed E-state index contributed by atoms with van der Waals surface area (Å²) in [5, 5.41) is 14.3. The van der Waals surface area contributed by atoms with Crippen LogP contribution in [0.25, 0.3) is 0 Å². The standard InChI is InChI=1S/C9H5Cl3N4O3S/c10-9(11,12)15-8(17)14(4-13-15)6-2-1-5(16(18)19)3-7(6)20/h1-4,6H. The van der Waals surface area contributed by atoms with Crippen LogP contribution in [0.1, 0.15) is 6.04 Å². The molecule has 1 unspecified atom stereocenters. The Hall–Kier alpha value is -1.22. The summed E-state index contributed by atoms with van der Waals surface area (Å²) in [6, 6.07) is -0.692. The van der Waals surface area contributed by atoms with Crippen LogP contribution in [-0.2, 0) is 3.92 Å². The van der Waals surface area contributed by atoms with Gasteiger partial charge in [0, 0.05) is 17.0 Å². The summed E-state index contributed by atoms with van der Waals surface area (Å²) in [4.78, 5) is 22.3. The number of nitrogens with zero attached hydrogens (tertiary/aromatic N) is 4. The highest BCUT2D eigenvalue weighted by atomic mass is 35.6. The van der Waals surface area contributed by atoms with E-state index in [4.69, 9.17) is 47.0 Å². The van der Waals surface area contributed by atoms with E-state index in [0.29, 0.717) is 4.68 Å². The number of halogens is 3. The number of hydrogen-bond donors (Lipinski definition) is 0. The molecule has 0 bridgehead atoms. The maximum absolute atomic E-state index is 12.0. The monoisotopic (exact) mass is 354 g/mol. The van der Waals surface area contributed by atoms with Gasteiger partial charge in [0.05, 0.1) is 11.0 Å². The number of rotatable bonds is 2. The molecule has 1 aliphatic rings. The van der Waals surface area contributed by atoms with Crippen molar-refractivity contribution >= 4 is 51.9 Å². The Bertz CT molecular complexity index is 700. The first-order chi connectivity index (χ1) is 9.21. The van der Waals surface area contributed by atoms with Crippen LogP contribution in [0.15, 0.2) is 35.0 Å². The third-order valence-corrected chi connectivity index (χ3v) is 3.31.